The van der Waals surface area contributed by atoms with Gasteiger partial charge in [-0.1, -0.05) is 24.4 Å². The molecule has 1 unspecified atom stereocenters. The summed E-state index contributed by atoms with van der Waals surface area (Å²) in [6.45, 7) is 0.658. The molecule has 0 aliphatic carbocycles. The van der Waals surface area contributed by atoms with Crippen LogP contribution in [0.2, 0.25) is 5.02 Å². The van der Waals surface area contributed by atoms with Gasteiger partial charge in [0.15, 0.2) is 0 Å². The molecule has 2 rings (SSSR count). The SMILES string of the molecule is CNc1cc(C(=O)N2CCCCCC2CO)c(Cl)cn1. The standard InChI is InChI=1S/C14H20ClN3O2/c1-16-13-7-11(12(15)8-17-13)14(20)18-6-4-2-3-5-10(18)9-19/h7-8,10,19H,2-6,9H2,1H3,(H,16,17). The summed E-state index contributed by atoms with van der Waals surface area (Å²) in [6.07, 6.45) is 5.41. The zero-order valence-corrected chi connectivity index (χ0v) is 12.4. The van der Waals surface area contributed by atoms with Crippen LogP contribution in [0.15, 0.2) is 12.3 Å². The molecule has 1 aliphatic heterocycles. The van der Waals surface area contributed by atoms with Crippen LogP contribution in [0, 0.1) is 0 Å². The van der Waals surface area contributed by atoms with Crippen molar-refractivity contribution in [1.82, 2.24) is 9.88 Å². The van der Waals surface area contributed by atoms with Crippen LogP contribution < -0.4 is 5.32 Å². The van der Waals surface area contributed by atoms with Crippen LogP contribution in [0.1, 0.15) is 36.0 Å². The highest BCUT2D eigenvalue weighted by Crippen LogP contribution is 2.24. The maximum atomic E-state index is 12.7. The molecule has 0 bridgehead atoms. The van der Waals surface area contributed by atoms with E-state index in [1.807, 2.05) is 0 Å². The average Bonchev–Trinajstić information content (AvgIpc) is 2.72. The largest absolute Gasteiger partial charge is 0.394 e. The van der Waals surface area contributed by atoms with Crippen LogP contribution in [-0.2, 0) is 0 Å². The third-order valence-electron chi connectivity index (χ3n) is 3.69. The van der Waals surface area contributed by atoms with Crippen molar-refractivity contribution in [2.75, 3.05) is 25.5 Å². The highest BCUT2D eigenvalue weighted by atomic mass is 35.5. The van der Waals surface area contributed by atoms with Crippen LogP contribution in [-0.4, -0.2) is 47.1 Å². The lowest BCUT2D eigenvalue weighted by atomic mass is 10.1. The zero-order valence-electron chi connectivity index (χ0n) is 11.6. The second kappa shape index (κ2) is 6.90. The summed E-state index contributed by atoms with van der Waals surface area (Å²) in [5.41, 5.74) is 0.436. The molecule has 1 saturated heterocycles. The molecule has 110 valence electrons. The van der Waals surface area contributed by atoms with Gasteiger partial charge >= 0.3 is 0 Å². The van der Waals surface area contributed by atoms with Gasteiger partial charge in [-0.3, -0.25) is 4.79 Å². The van der Waals surface area contributed by atoms with Crippen molar-refractivity contribution in [3.8, 4) is 0 Å². The predicted molar refractivity (Wildman–Crippen MR) is 79.2 cm³/mol. The predicted octanol–water partition coefficient (Wildman–Crippen LogP) is 2.15. The number of halogens is 1. The molecule has 0 spiro atoms. The number of anilines is 1. The van der Waals surface area contributed by atoms with Gasteiger partial charge in [-0.25, -0.2) is 4.98 Å². The van der Waals surface area contributed by atoms with E-state index in [0.29, 0.717) is 22.9 Å². The Kier molecular flexibility index (Phi) is 5.20. The summed E-state index contributed by atoms with van der Waals surface area (Å²) >= 11 is 6.10. The summed E-state index contributed by atoms with van der Waals surface area (Å²) in [6, 6.07) is 1.54. The van der Waals surface area contributed by atoms with Gasteiger partial charge in [0.05, 0.1) is 23.2 Å². The number of aliphatic hydroxyl groups excluding tert-OH is 1. The fraction of sp³-hybridized carbons (Fsp3) is 0.571. The summed E-state index contributed by atoms with van der Waals surface area (Å²) in [4.78, 5) is 18.5. The number of carbonyl (C=O) groups is 1. The van der Waals surface area contributed by atoms with Gasteiger partial charge in [-0.15, -0.1) is 0 Å². The lowest BCUT2D eigenvalue weighted by Crippen LogP contribution is -2.42. The molecular weight excluding hydrogens is 278 g/mol. The van der Waals surface area contributed by atoms with Crippen molar-refractivity contribution in [2.24, 2.45) is 0 Å². The first kappa shape index (κ1) is 15.1. The minimum Gasteiger partial charge on any atom is -0.394 e. The van der Waals surface area contributed by atoms with Gasteiger partial charge in [0.25, 0.3) is 5.91 Å². The molecule has 1 amide bonds. The lowest BCUT2D eigenvalue weighted by molar-refractivity contribution is 0.0600. The molecule has 1 aromatic rings. The Morgan fingerprint density at radius 2 is 2.35 bits per heavy atom. The first-order chi connectivity index (χ1) is 9.67. The number of aromatic nitrogens is 1. The molecule has 1 fully saturated rings. The van der Waals surface area contributed by atoms with Gasteiger partial charge in [-0.05, 0) is 18.9 Å². The highest BCUT2D eigenvalue weighted by molar-refractivity contribution is 6.33. The molecule has 0 radical (unpaired) electrons. The second-order valence-corrected chi connectivity index (χ2v) is 5.39. The third kappa shape index (κ3) is 3.22. The molecule has 2 heterocycles. The topological polar surface area (TPSA) is 65.5 Å². The number of hydrogen-bond acceptors (Lipinski definition) is 4. The monoisotopic (exact) mass is 297 g/mol. The Hall–Kier alpha value is -1.33. The molecule has 0 aromatic carbocycles. The first-order valence-corrected chi connectivity index (χ1v) is 7.30. The number of rotatable bonds is 3. The van der Waals surface area contributed by atoms with Crippen LogP contribution in [0.4, 0.5) is 5.82 Å². The van der Waals surface area contributed by atoms with Gasteiger partial charge in [0.2, 0.25) is 0 Å². The average molecular weight is 298 g/mol. The normalized spacial score (nSPS) is 19.6. The zero-order chi connectivity index (χ0) is 14.5. The fourth-order valence-electron chi connectivity index (χ4n) is 2.53. The molecule has 1 aliphatic rings. The van der Waals surface area contributed by atoms with E-state index in [2.05, 4.69) is 10.3 Å². The number of amides is 1. The maximum absolute atomic E-state index is 12.7. The third-order valence-corrected chi connectivity index (χ3v) is 3.99. The van der Waals surface area contributed by atoms with E-state index in [-0.39, 0.29) is 18.6 Å². The van der Waals surface area contributed by atoms with E-state index < -0.39 is 0 Å². The van der Waals surface area contributed by atoms with Crippen LogP contribution in [0.3, 0.4) is 0 Å². The molecule has 6 heteroatoms. The molecule has 1 atom stereocenters. The molecule has 1 aromatic heterocycles. The van der Waals surface area contributed by atoms with Crippen LogP contribution in [0.5, 0.6) is 0 Å². The van der Waals surface area contributed by atoms with Crippen molar-refractivity contribution >= 4 is 23.3 Å². The minimum absolute atomic E-state index is 0.00662. The second-order valence-electron chi connectivity index (χ2n) is 4.98. The number of pyridine rings is 1. The Balaban J connectivity index is 2.28. The first-order valence-electron chi connectivity index (χ1n) is 6.92. The number of likely N-dealkylation sites (tertiary alicyclic amines) is 1. The number of nitrogens with zero attached hydrogens (tertiary/aromatic N) is 2. The molecule has 2 N–H and O–H groups in total. The summed E-state index contributed by atoms with van der Waals surface area (Å²) in [5.74, 6) is 0.475. The number of hydrogen-bond donors (Lipinski definition) is 2. The molecule has 0 saturated carbocycles. The Bertz CT molecular complexity index is 481. The summed E-state index contributed by atoms with van der Waals surface area (Å²) < 4.78 is 0. The number of aliphatic hydroxyl groups is 1. The Labute approximate surface area is 123 Å². The van der Waals surface area contributed by atoms with Crippen molar-refractivity contribution in [3.63, 3.8) is 0 Å². The number of carbonyl (C=O) groups excluding carboxylic acids is 1. The van der Waals surface area contributed by atoms with Gasteiger partial charge < -0.3 is 15.3 Å². The van der Waals surface area contributed by atoms with Crippen molar-refractivity contribution < 1.29 is 9.90 Å². The molecule has 20 heavy (non-hydrogen) atoms. The van der Waals surface area contributed by atoms with E-state index in [0.717, 1.165) is 25.7 Å². The maximum Gasteiger partial charge on any atom is 0.255 e. The van der Waals surface area contributed by atoms with E-state index >= 15 is 0 Å². The van der Waals surface area contributed by atoms with Crippen molar-refractivity contribution in [2.45, 2.75) is 31.7 Å². The lowest BCUT2D eigenvalue weighted by Gasteiger charge is -2.29. The van der Waals surface area contributed by atoms with Crippen molar-refractivity contribution in [1.29, 1.82) is 0 Å². The van der Waals surface area contributed by atoms with Crippen LogP contribution >= 0.6 is 11.6 Å². The summed E-state index contributed by atoms with van der Waals surface area (Å²) in [5, 5.41) is 12.7. The van der Waals surface area contributed by atoms with E-state index in [1.165, 1.54) is 6.20 Å². The van der Waals surface area contributed by atoms with Crippen LogP contribution in [0.25, 0.3) is 0 Å². The van der Waals surface area contributed by atoms with Gasteiger partial charge in [0, 0.05) is 19.8 Å². The summed E-state index contributed by atoms with van der Waals surface area (Å²) in [7, 11) is 1.74. The van der Waals surface area contributed by atoms with E-state index in [4.69, 9.17) is 11.6 Å². The Morgan fingerprint density at radius 3 is 3.05 bits per heavy atom. The smallest absolute Gasteiger partial charge is 0.255 e. The quantitative estimate of drug-likeness (QED) is 0.897. The van der Waals surface area contributed by atoms with E-state index in [1.54, 1.807) is 18.0 Å². The van der Waals surface area contributed by atoms with Crippen molar-refractivity contribution in [3.05, 3.63) is 22.8 Å². The van der Waals surface area contributed by atoms with Gasteiger partial charge in [-0.2, -0.15) is 0 Å². The molecular formula is C14H20ClN3O2. The molecule has 5 nitrogen and oxygen atoms in total. The highest BCUT2D eigenvalue weighted by Gasteiger charge is 2.27. The van der Waals surface area contributed by atoms with E-state index in [9.17, 15) is 9.90 Å². The number of nitrogens with one attached hydrogen (secondary N) is 1. The minimum atomic E-state index is -0.130. The Morgan fingerprint density at radius 1 is 1.55 bits per heavy atom. The van der Waals surface area contributed by atoms with Gasteiger partial charge in [0.1, 0.15) is 5.82 Å². The fourth-order valence-corrected chi connectivity index (χ4v) is 2.71.